The van der Waals surface area contributed by atoms with Crippen molar-refractivity contribution in [3.63, 3.8) is 0 Å². The van der Waals surface area contributed by atoms with Crippen LogP contribution < -0.4 is 10.1 Å². The largest absolute Gasteiger partial charge is 0.493 e. The lowest BCUT2D eigenvalue weighted by molar-refractivity contribution is -0.384. The van der Waals surface area contributed by atoms with E-state index in [1.54, 1.807) is 17.8 Å². The molecule has 1 rings (SSSR count). The average Bonchev–Trinajstić information content (AvgIpc) is 2.36. The molecule has 0 spiro atoms. The molecule has 1 aromatic carbocycles. The van der Waals surface area contributed by atoms with Crippen LogP contribution in [0.5, 0.6) is 5.75 Å². The minimum absolute atomic E-state index is 0.0486. The van der Waals surface area contributed by atoms with Crippen molar-refractivity contribution in [1.29, 1.82) is 0 Å². The Kier molecular flexibility index (Phi) is 6.49. The Morgan fingerprint density at radius 1 is 1.47 bits per heavy atom. The summed E-state index contributed by atoms with van der Waals surface area (Å²) >= 11 is 1.73. The van der Waals surface area contributed by atoms with Crippen molar-refractivity contribution in [2.45, 2.75) is 26.3 Å². The summed E-state index contributed by atoms with van der Waals surface area (Å²) in [6.45, 7) is 4.60. The highest BCUT2D eigenvalue weighted by Crippen LogP contribution is 2.26. The predicted octanol–water partition coefficient (Wildman–Crippen LogP) is 3.55. The molecule has 0 radical (unpaired) electrons. The van der Waals surface area contributed by atoms with Crippen molar-refractivity contribution in [1.82, 2.24) is 0 Å². The molecular formula is C13H20N2O3S. The fourth-order valence-corrected chi connectivity index (χ4v) is 2.23. The highest BCUT2D eigenvalue weighted by molar-refractivity contribution is 7.98. The molecule has 0 amide bonds. The molecule has 0 aliphatic carbocycles. The van der Waals surface area contributed by atoms with Gasteiger partial charge in [0.15, 0.2) is 0 Å². The molecule has 1 unspecified atom stereocenters. The number of nitro benzene ring substituents is 1. The Morgan fingerprint density at radius 2 is 2.21 bits per heavy atom. The molecule has 0 saturated carbocycles. The third-order valence-corrected chi connectivity index (χ3v) is 3.24. The maximum atomic E-state index is 10.9. The van der Waals surface area contributed by atoms with Gasteiger partial charge in [-0.2, -0.15) is 11.8 Å². The molecule has 19 heavy (non-hydrogen) atoms. The van der Waals surface area contributed by atoms with Gasteiger partial charge in [0.25, 0.3) is 5.69 Å². The number of hydrogen-bond acceptors (Lipinski definition) is 5. The number of rotatable bonds is 8. The minimum atomic E-state index is -0.400. The van der Waals surface area contributed by atoms with Crippen molar-refractivity contribution < 1.29 is 9.66 Å². The average molecular weight is 284 g/mol. The predicted molar refractivity (Wildman–Crippen MR) is 80.3 cm³/mol. The zero-order chi connectivity index (χ0) is 14.3. The summed E-state index contributed by atoms with van der Waals surface area (Å²) in [4.78, 5) is 10.5. The second-order valence-corrected chi connectivity index (χ2v) is 5.23. The van der Waals surface area contributed by atoms with Gasteiger partial charge in [0, 0.05) is 29.6 Å². The molecule has 0 heterocycles. The van der Waals surface area contributed by atoms with Gasteiger partial charge in [-0.05, 0) is 19.6 Å². The Hall–Kier alpha value is -1.43. The van der Waals surface area contributed by atoms with E-state index < -0.39 is 4.92 Å². The first-order valence-electron chi connectivity index (χ1n) is 6.24. The third-order valence-electron chi connectivity index (χ3n) is 2.40. The number of anilines is 1. The van der Waals surface area contributed by atoms with Gasteiger partial charge in [-0.15, -0.1) is 0 Å². The van der Waals surface area contributed by atoms with Crippen molar-refractivity contribution in [2.24, 2.45) is 0 Å². The summed E-state index contributed by atoms with van der Waals surface area (Å²) in [7, 11) is 0. The number of thioether (sulfide) groups is 1. The van der Waals surface area contributed by atoms with Gasteiger partial charge < -0.3 is 10.1 Å². The summed E-state index contributed by atoms with van der Waals surface area (Å²) in [6.07, 6.45) is 2.90. The van der Waals surface area contributed by atoms with Gasteiger partial charge in [0.1, 0.15) is 5.75 Å². The monoisotopic (exact) mass is 284 g/mol. The quantitative estimate of drug-likeness (QED) is 0.584. The Morgan fingerprint density at radius 3 is 2.79 bits per heavy atom. The smallest absolute Gasteiger partial charge is 0.275 e. The zero-order valence-corrected chi connectivity index (χ0v) is 12.3. The fourth-order valence-electron chi connectivity index (χ4n) is 1.65. The van der Waals surface area contributed by atoms with Crippen LogP contribution in [-0.2, 0) is 0 Å². The molecule has 1 aromatic rings. The molecule has 1 N–H and O–H groups in total. The van der Waals surface area contributed by atoms with E-state index in [0.717, 1.165) is 17.9 Å². The Bertz CT molecular complexity index is 426. The number of nitrogens with zero attached hydrogens (tertiary/aromatic N) is 1. The summed E-state index contributed by atoms with van der Waals surface area (Å²) in [5, 5.41) is 14.2. The van der Waals surface area contributed by atoms with Gasteiger partial charge in [-0.3, -0.25) is 10.1 Å². The van der Waals surface area contributed by atoms with Crippen LogP contribution in [-0.4, -0.2) is 29.6 Å². The normalized spacial score (nSPS) is 11.9. The van der Waals surface area contributed by atoms with E-state index in [4.69, 9.17) is 4.74 Å². The van der Waals surface area contributed by atoms with Crippen LogP contribution in [0.15, 0.2) is 18.2 Å². The number of ether oxygens (including phenoxy) is 1. The molecule has 6 heteroatoms. The maximum Gasteiger partial charge on any atom is 0.275 e. The number of nitrogens with one attached hydrogen (secondary N) is 1. The molecule has 0 aliphatic heterocycles. The van der Waals surface area contributed by atoms with Gasteiger partial charge in [-0.1, -0.05) is 6.92 Å². The van der Waals surface area contributed by atoms with E-state index in [-0.39, 0.29) is 11.7 Å². The third kappa shape index (κ3) is 5.38. The number of benzene rings is 1. The van der Waals surface area contributed by atoms with Crippen molar-refractivity contribution in [2.75, 3.05) is 23.9 Å². The molecular weight excluding hydrogens is 264 g/mol. The first-order chi connectivity index (χ1) is 9.06. The van der Waals surface area contributed by atoms with Crippen LogP contribution in [0.3, 0.4) is 0 Å². The van der Waals surface area contributed by atoms with E-state index in [1.807, 2.05) is 20.1 Å². The standard InChI is InChI=1S/C13H20N2O3S/c1-4-5-18-13-7-11(14-10(2)9-19-3)6-12(8-13)15(16)17/h6-8,10,14H,4-5,9H2,1-3H3. The van der Waals surface area contributed by atoms with E-state index in [2.05, 4.69) is 5.32 Å². The number of nitro groups is 1. The molecule has 106 valence electrons. The molecule has 5 nitrogen and oxygen atoms in total. The molecule has 0 aromatic heterocycles. The molecule has 1 atom stereocenters. The topological polar surface area (TPSA) is 64.4 Å². The summed E-state index contributed by atoms with van der Waals surface area (Å²) in [5.41, 5.74) is 0.773. The van der Waals surface area contributed by atoms with Crippen LogP contribution in [0.2, 0.25) is 0 Å². The Labute approximate surface area is 117 Å². The fraction of sp³-hybridized carbons (Fsp3) is 0.538. The van der Waals surface area contributed by atoms with E-state index in [9.17, 15) is 10.1 Å². The summed E-state index contributed by atoms with van der Waals surface area (Å²) < 4.78 is 5.48. The summed E-state index contributed by atoms with van der Waals surface area (Å²) in [6, 6.07) is 5.05. The highest BCUT2D eigenvalue weighted by atomic mass is 32.2. The zero-order valence-electron chi connectivity index (χ0n) is 11.5. The number of non-ortho nitro benzene ring substituents is 1. The Balaban J connectivity index is 2.89. The maximum absolute atomic E-state index is 10.9. The lowest BCUT2D eigenvalue weighted by Crippen LogP contribution is -2.17. The van der Waals surface area contributed by atoms with Gasteiger partial charge in [0.05, 0.1) is 17.6 Å². The van der Waals surface area contributed by atoms with Crippen LogP contribution in [0.25, 0.3) is 0 Å². The second kappa shape index (κ2) is 7.89. The summed E-state index contributed by atoms with van der Waals surface area (Å²) in [5.74, 6) is 1.48. The lowest BCUT2D eigenvalue weighted by atomic mass is 10.2. The first kappa shape index (κ1) is 15.6. The highest BCUT2D eigenvalue weighted by Gasteiger charge is 2.12. The molecule has 0 saturated heterocycles. The van der Waals surface area contributed by atoms with E-state index in [1.165, 1.54) is 12.1 Å². The van der Waals surface area contributed by atoms with Crippen molar-refractivity contribution in [3.05, 3.63) is 28.3 Å². The van der Waals surface area contributed by atoms with Gasteiger partial charge in [0.2, 0.25) is 0 Å². The molecule has 0 aliphatic rings. The molecule has 0 fully saturated rings. The van der Waals surface area contributed by atoms with Crippen LogP contribution in [0.4, 0.5) is 11.4 Å². The SMILES string of the molecule is CCCOc1cc(NC(C)CSC)cc([N+](=O)[O-])c1. The minimum Gasteiger partial charge on any atom is -0.493 e. The van der Waals surface area contributed by atoms with Gasteiger partial charge >= 0.3 is 0 Å². The van der Waals surface area contributed by atoms with Crippen molar-refractivity contribution in [3.8, 4) is 5.75 Å². The van der Waals surface area contributed by atoms with E-state index >= 15 is 0 Å². The molecule has 0 bridgehead atoms. The van der Waals surface area contributed by atoms with Crippen LogP contribution in [0, 0.1) is 10.1 Å². The van der Waals surface area contributed by atoms with E-state index in [0.29, 0.717) is 12.4 Å². The lowest BCUT2D eigenvalue weighted by Gasteiger charge is -2.15. The first-order valence-corrected chi connectivity index (χ1v) is 7.64. The number of hydrogen-bond donors (Lipinski definition) is 1. The second-order valence-electron chi connectivity index (χ2n) is 4.32. The van der Waals surface area contributed by atoms with Crippen LogP contribution in [0.1, 0.15) is 20.3 Å². The van der Waals surface area contributed by atoms with Crippen LogP contribution >= 0.6 is 11.8 Å². The van der Waals surface area contributed by atoms with Gasteiger partial charge in [-0.25, -0.2) is 0 Å². The van der Waals surface area contributed by atoms with Crippen molar-refractivity contribution >= 4 is 23.1 Å².